The molecule has 17 heavy (non-hydrogen) atoms. The molecule has 0 amide bonds. The molecule has 0 spiro atoms. The third kappa shape index (κ3) is 2.00. The van der Waals surface area contributed by atoms with Crippen LogP contribution in [-0.4, -0.2) is 11.1 Å². The highest BCUT2D eigenvalue weighted by atomic mass is 16.5. The van der Waals surface area contributed by atoms with Gasteiger partial charge in [0.15, 0.2) is 0 Å². The van der Waals surface area contributed by atoms with E-state index in [4.69, 9.17) is 10.00 Å². The summed E-state index contributed by atoms with van der Waals surface area (Å²) in [6, 6.07) is 4.18. The minimum absolute atomic E-state index is 0.272. The van der Waals surface area contributed by atoms with Crippen LogP contribution in [0.3, 0.4) is 0 Å². The Kier molecular flexibility index (Phi) is 2.72. The minimum Gasteiger partial charge on any atom is -0.473 e. The third-order valence-electron chi connectivity index (χ3n) is 3.72. The first-order valence-electron chi connectivity index (χ1n) is 6.46. The van der Waals surface area contributed by atoms with Crippen LogP contribution in [0.15, 0.2) is 6.07 Å². The van der Waals surface area contributed by atoms with Gasteiger partial charge in [-0.05, 0) is 56.6 Å². The van der Waals surface area contributed by atoms with Crippen LogP contribution in [-0.2, 0) is 12.8 Å². The Hall–Kier alpha value is -1.56. The quantitative estimate of drug-likeness (QED) is 0.781. The molecule has 1 aromatic rings. The molecule has 0 aromatic carbocycles. The number of rotatable bonds is 2. The van der Waals surface area contributed by atoms with Gasteiger partial charge in [0.1, 0.15) is 17.7 Å². The zero-order valence-corrected chi connectivity index (χ0v) is 9.91. The molecule has 2 aliphatic rings. The smallest absolute Gasteiger partial charge is 0.232 e. The lowest BCUT2D eigenvalue weighted by molar-refractivity contribution is 0.200. The number of nitrogens with zero attached hydrogens (tertiary/aromatic N) is 2. The van der Waals surface area contributed by atoms with Gasteiger partial charge in [0.25, 0.3) is 0 Å². The summed E-state index contributed by atoms with van der Waals surface area (Å²) < 4.78 is 5.89. The van der Waals surface area contributed by atoms with Gasteiger partial charge in [0.2, 0.25) is 5.88 Å². The molecular weight excluding hydrogens is 212 g/mol. The van der Waals surface area contributed by atoms with Crippen LogP contribution < -0.4 is 4.74 Å². The summed E-state index contributed by atoms with van der Waals surface area (Å²) in [4.78, 5) is 4.54. The summed E-state index contributed by atoms with van der Waals surface area (Å²) in [5.41, 5.74) is 2.98. The van der Waals surface area contributed by atoms with Gasteiger partial charge in [0.05, 0.1) is 0 Å². The van der Waals surface area contributed by atoms with Crippen LogP contribution in [0.4, 0.5) is 0 Å². The zero-order chi connectivity index (χ0) is 11.7. The van der Waals surface area contributed by atoms with Crippen molar-refractivity contribution in [3.05, 3.63) is 22.9 Å². The van der Waals surface area contributed by atoms with Crippen LogP contribution in [0.1, 0.15) is 48.9 Å². The monoisotopic (exact) mass is 228 g/mol. The van der Waals surface area contributed by atoms with Gasteiger partial charge in [0, 0.05) is 5.69 Å². The second-order valence-electron chi connectivity index (χ2n) is 4.94. The van der Waals surface area contributed by atoms with E-state index >= 15 is 0 Å². The highest BCUT2D eigenvalue weighted by Crippen LogP contribution is 2.29. The Morgan fingerprint density at radius 3 is 2.82 bits per heavy atom. The van der Waals surface area contributed by atoms with Crippen molar-refractivity contribution >= 4 is 0 Å². The topological polar surface area (TPSA) is 45.9 Å². The molecule has 88 valence electrons. The molecule has 1 heterocycles. The predicted molar refractivity (Wildman–Crippen MR) is 63.9 cm³/mol. The van der Waals surface area contributed by atoms with E-state index in [1.165, 1.54) is 18.4 Å². The predicted octanol–water partition coefficient (Wildman–Crippen LogP) is 2.76. The maximum absolute atomic E-state index is 9.15. The molecule has 0 aliphatic heterocycles. The zero-order valence-electron chi connectivity index (χ0n) is 9.91. The summed E-state index contributed by atoms with van der Waals surface area (Å²) in [6.45, 7) is 0. The van der Waals surface area contributed by atoms with Gasteiger partial charge in [-0.1, -0.05) is 0 Å². The number of ether oxygens (including phenoxy) is 1. The molecule has 3 nitrogen and oxygen atoms in total. The van der Waals surface area contributed by atoms with Gasteiger partial charge in [-0.25, -0.2) is 4.98 Å². The number of pyridine rings is 1. The van der Waals surface area contributed by atoms with E-state index in [9.17, 15) is 0 Å². The van der Waals surface area contributed by atoms with E-state index < -0.39 is 0 Å². The lowest BCUT2D eigenvalue weighted by Crippen LogP contribution is -2.13. The molecule has 0 saturated heterocycles. The molecule has 3 heteroatoms. The average Bonchev–Trinajstić information content (AvgIpc) is 2.98. The van der Waals surface area contributed by atoms with Crippen molar-refractivity contribution in [2.75, 3.05) is 0 Å². The van der Waals surface area contributed by atoms with E-state index in [0.717, 1.165) is 37.8 Å². The maximum atomic E-state index is 9.15. The molecule has 0 radical (unpaired) electrons. The summed E-state index contributed by atoms with van der Waals surface area (Å²) in [5, 5.41) is 9.15. The Morgan fingerprint density at radius 2 is 2.06 bits per heavy atom. The Balaban J connectivity index is 1.89. The molecule has 1 aromatic heterocycles. The van der Waals surface area contributed by atoms with Crippen molar-refractivity contribution in [1.82, 2.24) is 4.98 Å². The summed E-state index contributed by atoms with van der Waals surface area (Å²) in [5.74, 6) is 0.569. The Labute approximate surface area is 101 Å². The SMILES string of the molecule is N#Cc1cc2c(nc1OC1CCCC1)CCC2. The number of hydrogen-bond donors (Lipinski definition) is 0. The second-order valence-corrected chi connectivity index (χ2v) is 4.94. The van der Waals surface area contributed by atoms with Gasteiger partial charge < -0.3 is 4.74 Å². The highest BCUT2D eigenvalue weighted by Gasteiger charge is 2.21. The van der Waals surface area contributed by atoms with Crippen molar-refractivity contribution in [3.63, 3.8) is 0 Å². The Morgan fingerprint density at radius 1 is 1.24 bits per heavy atom. The van der Waals surface area contributed by atoms with Crippen molar-refractivity contribution in [2.45, 2.75) is 51.0 Å². The van der Waals surface area contributed by atoms with Gasteiger partial charge in [-0.15, -0.1) is 0 Å². The molecule has 2 aliphatic carbocycles. The molecule has 0 unspecified atom stereocenters. The van der Waals surface area contributed by atoms with E-state index in [0.29, 0.717) is 11.4 Å². The molecule has 1 fully saturated rings. The first-order valence-corrected chi connectivity index (χ1v) is 6.46. The van der Waals surface area contributed by atoms with E-state index in [1.807, 2.05) is 6.07 Å². The molecular formula is C14H16N2O. The van der Waals surface area contributed by atoms with Crippen LogP contribution >= 0.6 is 0 Å². The van der Waals surface area contributed by atoms with Crippen LogP contribution in [0.2, 0.25) is 0 Å². The van der Waals surface area contributed by atoms with Crippen molar-refractivity contribution < 1.29 is 4.74 Å². The van der Waals surface area contributed by atoms with Crippen LogP contribution in [0.25, 0.3) is 0 Å². The largest absolute Gasteiger partial charge is 0.473 e. The average molecular weight is 228 g/mol. The number of fused-ring (bicyclic) bond motifs is 1. The van der Waals surface area contributed by atoms with E-state index in [1.54, 1.807) is 0 Å². The standard InChI is InChI=1S/C14H16N2O/c15-9-11-8-10-4-3-7-13(10)16-14(11)17-12-5-1-2-6-12/h8,12H,1-7H2. The number of aromatic nitrogens is 1. The fraction of sp³-hybridized carbons (Fsp3) is 0.571. The molecule has 1 saturated carbocycles. The molecule has 0 atom stereocenters. The number of aryl methyl sites for hydroxylation is 2. The second kappa shape index (κ2) is 4.37. The van der Waals surface area contributed by atoms with Crippen LogP contribution in [0, 0.1) is 11.3 Å². The summed E-state index contributed by atoms with van der Waals surface area (Å²) >= 11 is 0. The lowest BCUT2D eigenvalue weighted by atomic mass is 10.1. The van der Waals surface area contributed by atoms with Crippen molar-refractivity contribution in [2.24, 2.45) is 0 Å². The fourth-order valence-electron chi connectivity index (χ4n) is 2.79. The fourth-order valence-corrected chi connectivity index (χ4v) is 2.79. The van der Waals surface area contributed by atoms with Crippen molar-refractivity contribution in [3.8, 4) is 11.9 Å². The van der Waals surface area contributed by atoms with Crippen LogP contribution in [0.5, 0.6) is 5.88 Å². The minimum atomic E-state index is 0.272. The third-order valence-corrected chi connectivity index (χ3v) is 3.72. The lowest BCUT2D eigenvalue weighted by Gasteiger charge is -2.14. The molecule has 0 bridgehead atoms. The van der Waals surface area contributed by atoms with E-state index in [-0.39, 0.29) is 6.10 Å². The maximum Gasteiger partial charge on any atom is 0.232 e. The van der Waals surface area contributed by atoms with Gasteiger partial charge >= 0.3 is 0 Å². The van der Waals surface area contributed by atoms with Gasteiger partial charge in [-0.2, -0.15) is 5.26 Å². The van der Waals surface area contributed by atoms with Crippen molar-refractivity contribution in [1.29, 1.82) is 5.26 Å². The first kappa shape index (κ1) is 10.6. The van der Waals surface area contributed by atoms with Gasteiger partial charge in [-0.3, -0.25) is 0 Å². The number of nitriles is 1. The molecule has 3 rings (SSSR count). The van der Waals surface area contributed by atoms with E-state index in [2.05, 4.69) is 11.1 Å². The summed E-state index contributed by atoms with van der Waals surface area (Å²) in [7, 11) is 0. The molecule has 0 N–H and O–H groups in total. The first-order chi connectivity index (χ1) is 8.36. The summed E-state index contributed by atoms with van der Waals surface area (Å²) in [6.07, 6.45) is 8.18. The normalized spacial score (nSPS) is 19.0. The Bertz CT molecular complexity index is 470. The number of hydrogen-bond acceptors (Lipinski definition) is 3. The highest BCUT2D eigenvalue weighted by molar-refractivity contribution is 5.44.